The van der Waals surface area contributed by atoms with Gasteiger partial charge in [-0.1, -0.05) is 27.2 Å². The molecule has 1 heterocycles. The average molecular weight is 280 g/mol. The molecule has 1 aromatic heterocycles. The third-order valence-electron chi connectivity index (χ3n) is 4.85. The fraction of sp³-hybridized carbons (Fsp3) is 0.812. The number of hydrogen-bond acceptors (Lipinski definition) is 3. The van der Waals surface area contributed by atoms with Gasteiger partial charge in [-0.3, -0.25) is 0 Å². The summed E-state index contributed by atoms with van der Waals surface area (Å²) in [5, 5.41) is 1.28. The van der Waals surface area contributed by atoms with Crippen molar-refractivity contribution in [2.24, 2.45) is 23.0 Å². The van der Waals surface area contributed by atoms with Crippen molar-refractivity contribution in [2.75, 3.05) is 0 Å². The van der Waals surface area contributed by atoms with Gasteiger partial charge in [0.2, 0.25) is 0 Å². The van der Waals surface area contributed by atoms with E-state index in [1.807, 2.05) is 11.3 Å². The predicted octanol–water partition coefficient (Wildman–Crippen LogP) is 4.09. The summed E-state index contributed by atoms with van der Waals surface area (Å²) in [6.07, 6.45) is 4.86. The highest BCUT2D eigenvalue weighted by Crippen LogP contribution is 2.42. The molecular weight excluding hydrogens is 252 g/mol. The van der Waals surface area contributed by atoms with Crippen molar-refractivity contribution < 1.29 is 0 Å². The SMILES string of the molecule is Cc1nc(CC(C)(C)C2CCC(C)CC2N)sc1C. The number of aromatic nitrogens is 1. The van der Waals surface area contributed by atoms with Gasteiger partial charge in [-0.05, 0) is 43.9 Å². The Morgan fingerprint density at radius 3 is 2.53 bits per heavy atom. The fourth-order valence-corrected chi connectivity index (χ4v) is 4.70. The van der Waals surface area contributed by atoms with Crippen molar-refractivity contribution in [3.63, 3.8) is 0 Å². The van der Waals surface area contributed by atoms with Crippen LogP contribution in [0.5, 0.6) is 0 Å². The van der Waals surface area contributed by atoms with E-state index in [9.17, 15) is 0 Å². The van der Waals surface area contributed by atoms with Gasteiger partial charge in [0.05, 0.1) is 10.7 Å². The number of nitrogens with zero attached hydrogens (tertiary/aromatic N) is 1. The third kappa shape index (κ3) is 3.38. The van der Waals surface area contributed by atoms with Gasteiger partial charge in [0.15, 0.2) is 0 Å². The Kier molecular flexibility index (Phi) is 4.36. The second-order valence-corrected chi connectivity index (χ2v) is 8.39. The summed E-state index contributed by atoms with van der Waals surface area (Å²) in [5.74, 6) is 1.43. The molecule has 1 fully saturated rings. The predicted molar refractivity (Wildman–Crippen MR) is 83.6 cm³/mol. The van der Waals surface area contributed by atoms with Crippen LogP contribution in [-0.2, 0) is 6.42 Å². The summed E-state index contributed by atoms with van der Waals surface area (Å²) in [6, 6.07) is 0.362. The van der Waals surface area contributed by atoms with Crippen LogP contribution in [0.4, 0.5) is 0 Å². The van der Waals surface area contributed by atoms with Crippen LogP contribution in [0.3, 0.4) is 0 Å². The van der Waals surface area contributed by atoms with Crippen molar-refractivity contribution in [3.8, 4) is 0 Å². The zero-order valence-corrected chi connectivity index (χ0v) is 13.8. The monoisotopic (exact) mass is 280 g/mol. The van der Waals surface area contributed by atoms with Gasteiger partial charge in [-0.25, -0.2) is 4.98 Å². The molecule has 0 aliphatic heterocycles. The van der Waals surface area contributed by atoms with Crippen molar-refractivity contribution in [3.05, 3.63) is 15.6 Å². The quantitative estimate of drug-likeness (QED) is 0.905. The highest BCUT2D eigenvalue weighted by atomic mass is 32.1. The minimum absolute atomic E-state index is 0.260. The maximum atomic E-state index is 6.43. The summed E-state index contributed by atoms with van der Waals surface area (Å²) in [6.45, 7) is 11.4. The number of hydrogen-bond donors (Lipinski definition) is 1. The first-order chi connectivity index (χ1) is 8.79. The van der Waals surface area contributed by atoms with Gasteiger partial charge in [0, 0.05) is 17.3 Å². The van der Waals surface area contributed by atoms with Gasteiger partial charge in [-0.15, -0.1) is 11.3 Å². The van der Waals surface area contributed by atoms with E-state index < -0.39 is 0 Å². The molecule has 0 spiro atoms. The molecule has 1 aliphatic rings. The minimum atomic E-state index is 0.260. The third-order valence-corrected chi connectivity index (χ3v) is 5.92. The molecule has 0 bridgehead atoms. The zero-order chi connectivity index (χ0) is 14.2. The molecule has 0 amide bonds. The molecule has 3 heteroatoms. The Morgan fingerprint density at radius 2 is 2.00 bits per heavy atom. The summed E-state index contributed by atoms with van der Waals surface area (Å²) in [7, 11) is 0. The molecule has 3 atom stereocenters. The smallest absolute Gasteiger partial charge is 0.0936 e. The number of nitrogens with two attached hydrogens (primary N) is 1. The van der Waals surface area contributed by atoms with Crippen LogP contribution < -0.4 is 5.73 Å². The molecule has 2 nitrogen and oxygen atoms in total. The van der Waals surface area contributed by atoms with Gasteiger partial charge in [0.1, 0.15) is 0 Å². The first-order valence-corrected chi connectivity index (χ1v) is 8.29. The topological polar surface area (TPSA) is 38.9 Å². The van der Waals surface area contributed by atoms with E-state index in [2.05, 4.69) is 34.6 Å². The molecule has 2 rings (SSSR count). The first kappa shape index (κ1) is 15.0. The molecule has 108 valence electrons. The van der Waals surface area contributed by atoms with Crippen LogP contribution >= 0.6 is 11.3 Å². The van der Waals surface area contributed by atoms with Crippen molar-refractivity contribution in [2.45, 2.75) is 66.3 Å². The number of thiazole rings is 1. The number of aryl methyl sites for hydroxylation is 2. The van der Waals surface area contributed by atoms with Crippen molar-refractivity contribution >= 4 is 11.3 Å². The van der Waals surface area contributed by atoms with Gasteiger partial charge in [0.25, 0.3) is 0 Å². The first-order valence-electron chi connectivity index (χ1n) is 7.48. The van der Waals surface area contributed by atoms with Gasteiger partial charge < -0.3 is 5.73 Å². The Labute approximate surface area is 121 Å². The van der Waals surface area contributed by atoms with E-state index >= 15 is 0 Å². The molecule has 3 unspecified atom stereocenters. The Balaban J connectivity index is 2.09. The molecule has 0 saturated heterocycles. The van der Waals surface area contributed by atoms with E-state index in [0.717, 1.165) is 12.3 Å². The normalized spacial score (nSPS) is 28.6. The molecule has 0 radical (unpaired) electrons. The lowest BCUT2D eigenvalue weighted by Crippen LogP contribution is -2.44. The molecule has 1 saturated carbocycles. The lowest BCUT2D eigenvalue weighted by atomic mass is 9.65. The standard InChI is InChI=1S/C16H28N2S/c1-10-6-7-13(14(17)8-10)16(4,5)9-15-18-11(2)12(3)19-15/h10,13-14H,6-9,17H2,1-5H3. The Bertz CT molecular complexity index is 416. The van der Waals surface area contributed by atoms with E-state index in [-0.39, 0.29) is 5.41 Å². The van der Waals surface area contributed by atoms with Crippen LogP contribution in [0, 0.1) is 31.1 Å². The molecule has 1 aliphatic carbocycles. The van der Waals surface area contributed by atoms with Gasteiger partial charge in [-0.2, -0.15) is 0 Å². The van der Waals surface area contributed by atoms with Crippen LogP contribution in [0.2, 0.25) is 0 Å². The van der Waals surface area contributed by atoms with Gasteiger partial charge >= 0.3 is 0 Å². The maximum Gasteiger partial charge on any atom is 0.0936 e. The average Bonchev–Trinajstić information content (AvgIpc) is 2.56. The van der Waals surface area contributed by atoms with Crippen LogP contribution in [0.15, 0.2) is 0 Å². The molecule has 2 N–H and O–H groups in total. The van der Waals surface area contributed by atoms with Crippen molar-refractivity contribution in [1.29, 1.82) is 0 Å². The molecule has 1 aromatic rings. The summed E-state index contributed by atoms with van der Waals surface area (Å²) in [5.41, 5.74) is 7.88. The lowest BCUT2D eigenvalue weighted by Gasteiger charge is -2.42. The van der Waals surface area contributed by atoms with Crippen LogP contribution in [0.25, 0.3) is 0 Å². The van der Waals surface area contributed by atoms with Crippen LogP contribution in [0.1, 0.15) is 55.6 Å². The van der Waals surface area contributed by atoms with Crippen molar-refractivity contribution in [1.82, 2.24) is 4.98 Å². The van der Waals surface area contributed by atoms with E-state index in [1.54, 1.807) is 0 Å². The minimum Gasteiger partial charge on any atom is -0.327 e. The van der Waals surface area contributed by atoms with E-state index in [1.165, 1.54) is 34.8 Å². The maximum absolute atomic E-state index is 6.43. The summed E-state index contributed by atoms with van der Waals surface area (Å²) >= 11 is 1.86. The zero-order valence-electron chi connectivity index (χ0n) is 13.0. The highest BCUT2D eigenvalue weighted by molar-refractivity contribution is 7.11. The van der Waals surface area contributed by atoms with E-state index in [4.69, 9.17) is 10.7 Å². The second kappa shape index (κ2) is 5.53. The summed E-state index contributed by atoms with van der Waals surface area (Å²) < 4.78 is 0. The largest absolute Gasteiger partial charge is 0.327 e. The molecule has 0 aromatic carbocycles. The highest BCUT2D eigenvalue weighted by Gasteiger charge is 2.37. The Hall–Kier alpha value is -0.410. The summed E-state index contributed by atoms with van der Waals surface area (Å²) in [4.78, 5) is 6.06. The molecule has 19 heavy (non-hydrogen) atoms. The van der Waals surface area contributed by atoms with Crippen LogP contribution in [-0.4, -0.2) is 11.0 Å². The lowest BCUT2D eigenvalue weighted by molar-refractivity contribution is 0.113. The fourth-order valence-electron chi connectivity index (χ4n) is 3.53. The van der Waals surface area contributed by atoms with E-state index in [0.29, 0.717) is 12.0 Å². The Morgan fingerprint density at radius 1 is 1.32 bits per heavy atom. The number of rotatable bonds is 3. The molecular formula is C16H28N2S. The second-order valence-electron chi connectivity index (χ2n) is 7.10.